The van der Waals surface area contributed by atoms with Crippen LogP contribution in [0.1, 0.15) is 43.2 Å². The van der Waals surface area contributed by atoms with Gasteiger partial charge in [0.05, 0.1) is 6.42 Å². The summed E-state index contributed by atoms with van der Waals surface area (Å²) in [5.41, 5.74) is 7.48. The number of carbonyl (C=O) groups excluding carboxylic acids is 3. The number of phenols is 1. The third-order valence-electron chi connectivity index (χ3n) is 5.45. The quantitative estimate of drug-likeness (QED) is 0.298. The van der Waals surface area contributed by atoms with Crippen LogP contribution < -0.4 is 16.4 Å². The van der Waals surface area contributed by atoms with E-state index < -0.39 is 17.9 Å². The van der Waals surface area contributed by atoms with Crippen molar-refractivity contribution >= 4 is 17.7 Å². The Labute approximate surface area is 201 Å². The van der Waals surface area contributed by atoms with E-state index in [-0.39, 0.29) is 18.1 Å². The van der Waals surface area contributed by atoms with Crippen molar-refractivity contribution in [3.63, 3.8) is 0 Å². The van der Waals surface area contributed by atoms with Crippen molar-refractivity contribution in [1.29, 1.82) is 0 Å². The molecule has 2 aromatic carbocycles. The van der Waals surface area contributed by atoms with Crippen molar-refractivity contribution in [1.82, 2.24) is 15.5 Å². The van der Waals surface area contributed by atoms with Crippen LogP contribution in [0.25, 0.3) is 0 Å². The molecule has 3 amide bonds. The minimum absolute atomic E-state index is 0.177. The first-order valence-corrected chi connectivity index (χ1v) is 11.7. The molecule has 0 aliphatic rings. The van der Waals surface area contributed by atoms with Gasteiger partial charge in [0.1, 0.15) is 11.8 Å². The van der Waals surface area contributed by atoms with E-state index in [4.69, 9.17) is 5.73 Å². The van der Waals surface area contributed by atoms with Crippen LogP contribution >= 0.6 is 0 Å². The minimum Gasteiger partial charge on any atom is -0.508 e. The van der Waals surface area contributed by atoms with E-state index in [9.17, 15) is 19.5 Å². The number of nitrogens with one attached hydrogen (secondary N) is 2. The molecule has 0 spiro atoms. The Bertz CT molecular complexity index is 903. The number of aromatic hydroxyl groups is 1. The average molecular weight is 469 g/mol. The van der Waals surface area contributed by atoms with Crippen LogP contribution in [0.3, 0.4) is 0 Å². The topological polar surface area (TPSA) is 125 Å². The molecule has 2 rings (SSSR count). The monoisotopic (exact) mass is 468 g/mol. The molecule has 0 unspecified atom stereocenters. The second kappa shape index (κ2) is 14.7. The van der Waals surface area contributed by atoms with Gasteiger partial charge in [-0.25, -0.2) is 0 Å². The molecule has 0 radical (unpaired) electrons. The lowest BCUT2D eigenvalue weighted by Crippen LogP contribution is -2.48. The van der Waals surface area contributed by atoms with Crippen LogP contribution in [0.15, 0.2) is 54.6 Å². The van der Waals surface area contributed by atoms with Crippen LogP contribution in [0.4, 0.5) is 0 Å². The lowest BCUT2D eigenvalue weighted by atomic mass is 10.1. The van der Waals surface area contributed by atoms with Gasteiger partial charge in [-0.3, -0.25) is 14.4 Å². The van der Waals surface area contributed by atoms with Gasteiger partial charge in [-0.1, -0.05) is 48.9 Å². The molecule has 1 atom stereocenters. The largest absolute Gasteiger partial charge is 0.508 e. The van der Waals surface area contributed by atoms with Gasteiger partial charge >= 0.3 is 0 Å². The Hall–Kier alpha value is -3.39. The molecule has 8 heteroatoms. The predicted molar refractivity (Wildman–Crippen MR) is 132 cm³/mol. The standard InChI is InChI=1S/C26H36N4O4/c1-30(19-21-8-4-2-5-9-21)17-7-3-6-10-25(33)29-23(18-24(27)32)26(34)28-16-15-20-11-13-22(31)14-12-20/h2,4-5,8-9,11-14,23,31H,3,6-7,10,15-19H2,1H3,(H2,27,32)(H,28,34)(H,29,33)/t23-/m1/s1. The van der Waals surface area contributed by atoms with Crippen molar-refractivity contribution in [2.45, 2.75) is 51.1 Å². The van der Waals surface area contributed by atoms with Gasteiger partial charge in [-0.2, -0.15) is 0 Å². The molecular weight excluding hydrogens is 432 g/mol. The maximum absolute atomic E-state index is 12.5. The number of carbonyl (C=O) groups is 3. The molecule has 0 saturated carbocycles. The summed E-state index contributed by atoms with van der Waals surface area (Å²) in [7, 11) is 2.08. The molecule has 2 aromatic rings. The zero-order valence-corrected chi connectivity index (χ0v) is 19.8. The van der Waals surface area contributed by atoms with Crippen molar-refractivity contribution in [2.75, 3.05) is 20.1 Å². The molecule has 0 aliphatic heterocycles. The third-order valence-corrected chi connectivity index (χ3v) is 5.45. The summed E-state index contributed by atoms with van der Waals surface area (Å²) in [4.78, 5) is 38.4. The fourth-order valence-electron chi connectivity index (χ4n) is 3.61. The van der Waals surface area contributed by atoms with E-state index in [1.165, 1.54) is 5.56 Å². The van der Waals surface area contributed by atoms with E-state index in [0.29, 0.717) is 25.8 Å². The Morgan fingerprint density at radius 1 is 0.971 bits per heavy atom. The van der Waals surface area contributed by atoms with Gasteiger partial charge in [0.25, 0.3) is 0 Å². The summed E-state index contributed by atoms with van der Waals surface area (Å²) < 4.78 is 0. The number of amides is 3. The summed E-state index contributed by atoms with van der Waals surface area (Å²) in [6, 6.07) is 16.0. The fraction of sp³-hybridized carbons (Fsp3) is 0.423. The second-order valence-electron chi connectivity index (χ2n) is 8.53. The van der Waals surface area contributed by atoms with Gasteiger partial charge < -0.3 is 26.4 Å². The molecule has 0 fully saturated rings. The number of benzene rings is 2. The second-order valence-corrected chi connectivity index (χ2v) is 8.53. The first-order valence-electron chi connectivity index (χ1n) is 11.7. The Morgan fingerprint density at radius 3 is 2.35 bits per heavy atom. The maximum atomic E-state index is 12.5. The van der Waals surface area contributed by atoms with Gasteiger partial charge in [-0.15, -0.1) is 0 Å². The SMILES string of the molecule is CN(CCCCCC(=O)N[C@H](CC(N)=O)C(=O)NCCc1ccc(O)cc1)Cc1ccccc1. The molecule has 0 aromatic heterocycles. The highest BCUT2D eigenvalue weighted by atomic mass is 16.3. The summed E-state index contributed by atoms with van der Waals surface area (Å²) in [6.07, 6.45) is 3.17. The summed E-state index contributed by atoms with van der Waals surface area (Å²) in [5.74, 6) is -1.18. The molecule has 0 heterocycles. The summed E-state index contributed by atoms with van der Waals surface area (Å²) in [5, 5.41) is 14.7. The smallest absolute Gasteiger partial charge is 0.243 e. The predicted octanol–water partition coefficient (Wildman–Crippen LogP) is 2.10. The fourth-order valence-corrected chi connectivity index (χ4v) is 3.61. The van der Waals surface area contributed by atoms with Crippen LogP contribution in [0.2, 0.25) is 0 Å². The van der Waals surface area contributed by atoms with Crippen molar-refractivity contribution in [3.8, 4) is 5.75 Å². The molecule has 0 bridgehead atoms. The third kappa shape index (κ3) is 11.0. The minimum atomic E-state index is -0.984. The highest BCUT2D eigenvalue weighted by Gasteiger charge is 2.22. The number of nitrogens with zero attached hydrogens (tertiary/aromatic N) is 1. The van der Waals surface area contributed by atoms with E-state index in [1.54, 1.807) is 24.3 Å². The van der Waals surface area contributed by atoms with Gasteiger partial charge in [-0.05, 0) is 56.1 Å². The highest BCUT2D eigenvalue weighted by molar-refractivity contribution is 5.91. The van der Waals surface area contributed by atoms with Crippen molar-refractivity contribution in [3.05, 3.63) is 65.7 Å². The number of phenolic OH excluding ortho intramolecular Hbond substituents is 1. The number of primary amides is 1. The van der Waals surface area contributed by atoms with Crippen LogP contribution in [0, 0.1) is 0 Å². The molecular formula is C26H36N4O4. The zero-order valence-electron chi connectivity index (χ0n) is 19.8. The molecule has 0 aliphatic carbocycles. The Morgan fingerprint density at radius 2 is 1.68 bits per heavy atom. The van der Waals surface area contributed by atoms with Gasteiger partial charge in [0, 0.05) is 19.5 Å². The molecule has 5 N–H and O–H groups in total. The Kier molecular flexibility index (Phi) is 11.6. The lowest BCUT2D eigenvalue weighted by Gasteiger charge is -2.18. The first kappa shape index (κ1) is 26.9. The van der Waals surface area contributed by atoms with Gasteiger partial charge in [0.2, 0.25) is 17.7 Å². The number of hydrogen-bond donors (Lipinski definition) is 4. The number of unbranched alkanes of at least 4 members (excludes halogenated alkanes) is 2. The summed E-state index contributed by atoms with van der Waals surface area (Å²) >= 11 is 0. The number of hydrogen-bond acceptors (Lipinski definition) is 5. The average Bonchev–Trinajstić information content (AvgIpc) is 2.80. The van der Waals surface area contributed by atoms with E-state index in [1.807, 2.05) is 18.2 Å². The Balaban J connectivity index is 1.66. The van der Waals surface area contributed by atoms with E-state index in [0.717, 1.165) is 31.5 Å². The zero-order chi connectivity index (χ0) is 24.8. The number of nitrogens with two attached hydrogens (primary N) is 1. The van der Waals surface area contributed by atoms with Gasteiger partial charge in [0.15, 0.2) is 0 Å². The maximum Gasteiger partial charge on any atom is 0.243 e. The lowest BCUT2D eigenvalue weighted by molar-refractivity contribution is -0.131. The molecule has 184 valence electrons. The number of rotatable bonds is 15. The van der Waals surface area contributed by atoms with Crippen LogP contribution in [-0.2, 0) is 27.3 Å². The van der Waals surface area contributed by atoms with Crippen molar-refractivity contribution in [2.24, 2.45) is 5.73 Å². The van der Waals surface area contributed by atoms with E-state index >= 15 is 0 Å². The van der Waals surface area contributed by atoms with Crippen LogP contribution in [0.5, 0.6) is 5.75 Å². The molecule has 0 saturated heterocycles. The molecule has 8 nitrogen and oxygen atoms in total. The molecule has 34 heavy (non-hydrogen) atoms. The highest BCUT2D eigenvalue weighted by Crippen LogP contribution is 2.10. The normalized spacial score (nSPS) is 11.7. The first-order chi connectivity index (χ1) is 16.3. The van der Waals surface area contributed by atoms with E-state index in [2.05, 4.69) is 34.7 Å². The van der Waals surface area contributed by atoms with Crippen molar-refractivity contribution < 1.29 is 19.5 Å². The summed E-state index contributed by atoms with van der Waals surface area (Å²) in [6.45, 7) is 2.16. The van der Waals surface area contributed by atoms with Crippen LogP contribution in [-0.4, -0.2) is 53.9 Å².